The van der Waals surface area contributed by atoms with E-state index in [1.54, 1.807) is 0 Å². The van der Waals surface area contributed by atoms with Gasteiger partial charge in [-0.15, -0.1) is 11.8 Å². The van der Waals surface area contributed by atoms with E-state index in [1.165, 1.54) is 16.7 Å². The molecule has 0 aromatic carbocycles. The Hall–Kier alpha value is -0.280. The molecule has 0 aromatic heterocycles. The fourth-order valence-corrected chi connectivity index (χ4v) is 3.13. The van der Waals surface area contributed by atoms with Crippen LogP contribution in [0, 0.1) is 0 Å². The molecule has 2 atom stereocenters. The van der Waals surface area contributed by atoms with Crippen LogP contribution in [0.25, 0.3) is 0 Å². The van der Waals surface area contributed by atoms with E-state index >= 15 is 0 Å². The molecule has 1 rings (SSSR count). The summed E-state index contributed by atoms with van der Waals surface area (Å²) < 4.78 is 0. The molecule has 0 radical (unpaired) electrons. The first-order chi connectivity index (χ1) is 9.60. The molecular weight excluding hydrogens is 300 g/mol. The Kier molecular flexibility index (Phi) is 8.55. The normalized spacial score (nSPS) is 20.8. The predicted octanol–water partition coefficient (Wildman–Crippen LogP) is -0.543. The Balaban J connectivity index is 2.35. The number of hydrogen-bond donors (Lipinski definition) is 4. The van der Waals surface area contributed by atoms with Gasteiger partial charge in [0.25, 0.3) is 0 Å². The number of thioether (sulfide) groups is 1. The number of carbonyl (C=O) groups excluding carboxylic acids is 2. The van der Waals surface area contributed by atoms with E-state index < -0.39 is 6.23 Å². The maximum Gasteiger partial charge on any atom is 0.242 e. The number of thiol groups is 1. The van der Waals surface area contributed by atoms with E-state index in [0.717, 1.165) is 0 Å². The molecule has 0 saturated carbocycles. The van der Waals surface area contributed by atoms with E-state index in [2.05, 4.69) is 17.9 Å². The van der Waals surface area contributed by atoms with Gasteiger partial charge in [-0.25, -0.2) is 0 Å². The van der Waals surface area contributed by atoms with Crippen LogP contribution < -0.4 is 5.32 Å². The molecular formula is C12H22N2O4S2. The third-order valence-electron chi connectivity index (χ3n) is 2.94. The highest BCUT2D eigenvalue weighted by atomic mass is 32.2. The zero-order valence-electron chi connectivity index (χ0n) is 11.3. The van der Waals surface area contributed by atoms with Crippen molar-refractivity contribution in [2.24, 2.45) is 0 Å². The first-order valence-electron chi connectivity index (χ1n) is 6.69. The van der Waals surface area contributed by atoms with Gasteiger partial charge in [-0.3, -0.25) is 19.8 Å². The Morgan fingerprint density at radius 1 is 1.50 bits per heavy atom. The molecule has 1 fully saturated rings. The standard InChI is InChI=1S/C12H22N2O4S2/c15-5-1-7-20-9-8-11(17)14(12(9)18)4-2-10(16)13-3-6-19/h9-10,13,15-16,19H,1-8H2. The van der Waals surface area contributed by atoms with Crippen LogP contribution >= 0.6 is 24.4 Å². The highest BCUT2D eigenvalue weighted by molar-refractivity contribution is 8.00. The lowest BCUT2D eigenvalue weighted by atomic mass is 10.3. The maximum atomic E-state index is 12.0. The fourth-order valence-electron chi connectivity index (χ4n) is 1.89. The van der Waals surface area contributed by atoms with Crippen LogP contribution in [-0.4, -0.2) is 69.6 Å². The molecule has 1 aliphatic heterocycles. The van der Waals surface area contributed by atoms with Gasteiger partial charge in [0.1, 0.15) is 6.23 Å². The van der Waals surface area contributed by atoms with Crippen molar-refractivity contribution in [1.29, 1.82) is 0 Å². The van der Waals surface area contributed by atoms with Crippen molar-refractivity contribution in [1.82, 2.24) is 10.2 Å². The molecule has 20 heavy (non-hydrogen) atoms. The molecule has 8 heteroatoms. The van der Waals surface area contributed by atoms with Gasteiger partial charge in [-0.1, -0.05) is 0 Å². The second-order valence-corrected chi connectivity index (χ2v) is 6.26. The number of carbonyl (C=O) groups is 2. The van der Waals surface area contributed by atoms with Gasteiger partial charge < -0.3 is 10.2 Å². The van der Waals surface area contributed by atoms with Crippen molar-refractivity contribution >= 4 is 36.2 Å². The zero-order chi connectivity index (χ0) is 15.0. The summed E-state index contributed by atoms with van der Waals surface area (Å²) in [6.07, 6.45) is 0.424. The van der Waals surface area contributed by atoms with Crippen molar-refractivity contribution in [2.45, 2.75) is 30.7 Å². The number of likely N-dealkylation sites (tertiary alicyclic amines) is 1. The lowest BCUT2D eigenvalue weighted by Crippen LogP contribution is -2.38. The first-order valence-corrected chi connectivity index (χ1v) is 8.37. The van der Waals surface area contributed by atoms with Gasteiger partial charge in [-0.05, 0) is 12.2 Å². The number of rotatable bonds is 10. The Morgan fingerprint density at radius 2 is 2.25 bits per heavy atom. The van der Waals surface area contributed by atoms with Gasteiger partial charge in [0.2, 0.25) is 11.8 Å². The van der Waals surface area contributed by atoms with Crippen LogP contribution in [0.3, 0.4) is 0 Å². The number of aliphatic hydroxyl groups is 2. The van der Waals surface area contributed by atoms with E-state index in [0.29, 0.717) is 30.9 Å². The average Bonchev–Trinajstić information content (AvgIpc) is 2.69. The lowest BCUT2D eigenvalue weighted by molar-refractivity contribution is -0.138. The summed E-state index contributed by atoms with van der Waals surface area (Å²) in [5.41, 5.74) is 0. The lowest BCUT2D eigenvalue weighted by Gasteiger charge is -2.18. The van der Waals surface area contributed by atoms with E-state index in [1.807, 2.05) is 0 Å². The smallest absolute Gasteiger partial charge is 0.242 e. The molecule has 0 bridgehead atoms. The van der Waals surface area contributed by atoms with E-state index in [4.69, 9.17) is 5.11 Å². The fraction of sp³-hybridized carbons (Fsp3) is 0.833. The van der Waals surface area contributed by atoms with Crippen LogP contribution in [0.2, 0.25) is 0 Å². The Morgan fingerprint density at radius 3 is 2.90 bits per heavy atom. The minimum Gasteiger partial charge on any atom is -0.396 e. The van der Waals surface area contributed by atoms with Gasteiger partial charge in [0.15, 0.2) is 0 Å². The van der Waals surface area contributed by atoms with Crippen LogP contribution in [0.4, 0.5) is 0 Å². The monoisotopic (exact) mass is 322 g/mol. The number of nitrogens with zero attached hydrogens (tertiary/aromatic N) is 1. The summed E-state index contributed by atoms with van der Waals surface area (Å²) in [6, 6.07) is 0. The molecule has 2 unspecified atom stereocenters. The quantitative estimate of drug-likeness (QED) is 0.187. The minimum absolute atomic E-state index is 0.0918. The first kappa shape index (κ1) is 17.8. The van der Waals surface area contributed by atoms with Crippen molar-refractivity contribution in [3.63, 3.8) is 0 Å². The third-order valence-corrected chi connectivity index (χ3v) is 4.46. The summed E-state index contributed by atoms with van der Waals surface area (Å²) in [6.45, 7) is 0.899. The average molecular weight is 322 g/mol. The zero-order valence-corrected chi connectivity index (χ0v) is 13.0. The third kappa shape index (κ3) is 5.61. The summed E-state index contributed by atoms with van der Waals surface area (Å²) in [5, 5.41) is 20.8. The van der Waals surface area contributed by atoms with E-state index in [9.17, 15) is 14.7 Å². The molecule has 6 nitrogen and oxygen atoms in total. The molecule has 1 saturated heterocycles. The number of amides is 2. The molecule has 116 valence electrons. The van der Waals surface area contributed by atoms with Crippen molar-refractivity contribution in [3.05, 3.63) is 0 Å². The summed E-state index contributed by atoms with van der Waals surface area (Å²) in [5.74, 6) is 0.916. The van der Waals surface area contributed by atoms with Crippen molar-refractivity contribution < 1.29 is 19.8 Å². The summed E-state index contributed by atoms with van der Waals surface area (Å²) >= 11 is 5.43. The number of hydrogen-bond acceptors (Lipinski definition) is 7. The largest absolute Gasteiger partial charge is 0.396 e. The second kappa shape index (κ2) is 9.62. The highest BCUT2D eigenvalue weighted by Crippen LogP contribution is 2.25. The Bertz CT molecular complexity index is 331. The number of imide groups is 1. The summed E-state index contributed by atoms with van der Waals surface area (Å²) in [7, 11) is 0. The molecule has 0 aliphatic carbocycles. The molecule has 1 heterocycles. The Labute approximate surface area is 128 Å². The van der Waals surface area contributed by atoms with Crippen molar-refractivity contribution in [2.75, 3.05) is 31.2 Å². The van der Waals surface area contributed by atoms with Gasteiger partial charge in [0.05, 0.1) is 5.25 Å². The number of aliphatic hydroxyl groups excluding tert-OH is 2. The van der Waals surface area contributed by atoms with Crippen LogP contribution in [0.15, 0.2) is 0 Å². The van der Waals surface area contributed by atoms with Gasteiger partial charge in [-0.2, -0.15) is 12.6 Å². The van der Waals surface area contributed by atoms with Gasteiger partial charge >= 0.3 is 0 Å². The minimum atomic E-state index is -0.733. The molecule has 2 amide bonds. The maximum absolute atomic E-state index is 12.0. The van der Waals surface area contributed by atoms with Gasteiger partial charge in [0, 0.05) is 38.3 Å². The summed E-state index contributed by atoms with van der Waals surface area (Å²) in [4.78, 5) is 25.1. The van der Waals surface area contributed by atoms with Crippen LogP contribution in [0.5, 0.6) is 0 Å². The molecule has 3 N–H and O–H groups in total. The molecule has 1 aliphatic rings. The topological polar surface area (TPSA) is 89.9 Å². The predicted molar refractivity (Wildman–Crippen MR) is 81.8 cm³/mol. The molecule has 0 spiro atoms. The van der Waals surface area contributed by atoms with E-state index in [-0.39, 0.29) is 36.6 Å². The van der Waals surface area contributed by atoms with Crippen molar-refractivity contribution in [3.8, 4) is 0 Å². The second-order valence-electron chi connectivity index (χ2n) is 4.51. The number of nitrogens with one attached hydrogen (secondary N) is 1. The molecule has 0 aromatic rings. The van der Waals surface area contributed by atoms with Crippen LogP contribution in [0.1, 0.15) is 19.3 Å². The SMILES string of the molecule is O=C1CC(SCCCO)C(=O)N1CCC(O)NCCS. The highest BCUT2D eigenvalue weighted by Gasteiger charge is 2.38. The van der Waals surface area contributed by atoms with Crippen LogP contribution in [-0.2, 0) is 9.59 Å².